The van der Waals surface area contributed by atoms with Crippen LogP contribution in [-0.2, 0) is 5.41 Å². The predicted octanol–water partition coefficient (Wildman–Crippen LogP) is 3.26. The van der Waals surface area contributed by atoms with Gasteiger partial charge < -0.3 is 5.32 Å². The molecule has 1 heterocycles. The van der Waals surface area contributed by atoms with E-state index in [1.165, 1.54) is 29.1 Å². The fourth-order valence-electron chi connectivity index (χ4n) is 1.63. The minimum Gasteiger partial charge on any atom is -0.309 e. The highest BCUT2D eigenvalue weighted by Crippen LogP contribution is 2.49. The Hall–Kier alpha value is -0.410. The van der Waals surface area contributed by atoms with Crippen LogP contribution in [0.2, 0.25) is 0 Å². The van der Waals surface area contributed by atoms with Crippen molar-refractivity contribution in [3.05, 3.63) is 16.1 Å². The molecule has 0 saturated heterocycles. The Morgan fingerprint density at radius 1 is 1.60 bits per heavy atom. The summed E-state index contributed by atoms with van der Waals surface area (Å²) in [6.45, 7) is 7.83. The molecule has 1 aliphatic carbocycles. The number of thiazole rings is 1. The van der Waals surface area contributed by atoms with Gasteiger partial charge in [-0.3, -0.25) is 0 Å². The van der Waals surface area contributed by atoms with E-state index in [4.69, 9.17) is 0 Å². The maximum atomic E-state index is 4.56. The van der Waals surface area contributed by atoms with E-state index in [0.29, 0.717) is 11.5 Å². The fraction of sp³-hybridized carbons (Fsp3) is 0.750. The molecule has 2 rings (SSSR count). The van der Waals surface area contributed by atoms with Crippen molar-refractivity contribution in [3.63, 3.8) is 0 Å². The van der Waals surface area contributed by atoms with Gasteiger partial charge in [-0.15, -0.1) is 11.3 Å². The van der Waals surface area contributed by atoms with Crippen LogP contribution >= 0.6 is 11.3 Å². The van der Waals surface area contributed by atoms with Crippen LogP contribution in [0.15, 0.2) is 6.20 Å². The first-order chi connectivity index (χ1) is 7.15. The molecule has 1 aromatic heterocycles. The minimum atomic E-state index is 0.424. The van der Waals surface area contributed by atoms with E-state index in [1.807, 2.05) is 11.3 Å². The summed E-state index contributed by atoms with van der Waals surface area (Å²) in [6.07, 6.45) is 5.87. The minimum absolute atomic E-state index is 0.424. The molecule has 0 aromatic carbocycles. The molecule has 1 N–H and O–H groups in total. The van der Waals surface area contributed by atoms with Crippen molar-refractivity contribution in [1.82, 2.24) is 10.3 Å². The summed E-state index contributed by atoms with van der Waals surface area (Å²) in [4.78, 5) is 5.94. The molecule has 0 radical (unpaired) electrons. The van der Waals surface area contributed by atoms with E-state index in [9.17, 15) is 0 Å². The molecular formula is C12H20N2S. The first kappa shape index (κ1) is 11.1. The SMILES string of the molecule is CCCNC(C)c1cnc(C2(C)CC2)s1. The van der Waals surface area contributed by atoms with Crippen LogP contribution < -0.4 is 5.32 Å². The third-order valence-electron chi connectivity index (χ3n) is 3.17. The second-order valence-corrected chi connectivity index (χ2v) is 5.87. The lowest BCUT2D eigenvalue weighted by atomic mass is 10.2. The van der Waals surface area contributed by atoms with Crippen LogP contribution in [0.3, 0.4) is 0 Å². The van der Waals surface area contributed by atoms with Crippen molar-refractivity contribution in [3.8, 4) is 0 Å². The maximum absolute atomic E-state index is 4.56. The highest BCUT2D eigenvalue weighted by atomic mass is 32.1. The smallest absolute Gasteiger partial charge is 0.0987 e. The van der Waals surface area contributed by atoms with Gasteiger partial charge in [0, 0.05) is 22.5 Å². The quantitative estimate of drug-likeness (QED) is 0.830. The van der Waals surface area contributed by atoms with Gasteiger partial charge in [0.25, 0.3) is 0 Å². The Morgan fingerprint density at radius 2 is 2.33 bits per heavy atom. The molecule has 1 fully saturated rings. The van der Waals surface area contributed by atoms with Crippen molar-refractivity contribution < 1.29 is 0 Å². The van der Waals surface area contributed by atoms with Crippen molar-refractivity contribution in [2.75, 3.05) is 6.54 Å². The second-order valence-electron chi connectivity index (χ2n) is 4.80. The number of hydrogen-bond donors (Lipinski definition) is 1. The third-order valence-corrected chi connectivity index (χ3v) is 4.65. The second kappa shape index (κ2) is 4.22. The number of nitrogens with zero attached hydrogens (tertiary/aromatic N) is 1. The molecule has 84 valence electrons. The van der Waals surface area contributed by atoms with Crippen LogP contribution in [0.4, 0.5) is 0 Å². The van der Waals surface area contributed by atoms with E-state index < -0.39 is 0 Å². The average molecular weight is 224 g/mol. The Kier molecular flexibility index (Phi) is 3.12. The maximum Gasteiger partial charge on any atom is 0.0987 e. The Bertz CT molecular complexity index is 328. The van der Waals surface area contributed by atoms with Gasteiger partial charge in [-0.25, -0.2) is 4.98 Å². The first-order valence-corrected chi connectivity index (χ1v) is 6.67. The van der Waals surface area contributed by atoms with Crippen molar-refractivity contribution in [2.24, 2.45) is 0 Å². The van der Waals surface area contributed by atoms with Crippen molar-refractivity contribution in [2.45, 2.75) is 51.5 Å². The van der Waals surface area contributed by atoms with E-state index in [2.05, 4.69) is 37.3 Å². The lowest BCUT2D eigenvalue weighted by Gasteiger charge is -2.10. The van der Waals surface area contributed by atoms with Crippen LogP contribution in [0.1, 0.15) is 56.0 Å². The zero-order chi connectivity index (χ0) is 10.9. The molecule has 0 spiro atoms. The van der Waals surface area contributed by atoms with E-state index in [-0.39, 0.29) is 0 Å². The van der Waals surface area contributed by atoms with Gasteiger partial charge in [0.15, 0.2) is 0 Å². The Morgan fingerprint density at radius 3 is 2.93 bits per heavy atom. The summed E-state index contributed by atoms with van der Waals surface area (Å²) in [5.41, 5.74) is 0.424. The zero-order valence-electron chi connectivity index (χ0n) is 9.84. The Balaban J connectivity index is 2.00. The first-order valence-electron chi connectivity index (χ1n) is 5.85. The normalized spacial score (nSPS) is 20.2. The summed E-state index contributed by atoms with van der Waals surface area (Å²) in [5.74, 6) is 0. The highest BCUT2D eigenvalue weighted by molar-refractivity contribution is 7.11. The molecule has 1 aromatic rings. The number of aromatic nitrogens is 1. The summed E-state index contributed by atoms with van der Waals surface area (Å²) in [5, 5.41) is 4.84. The molecule has 0 amide bonds. The summed E-state index contributed by atoms with van der Waals surface area (Å²) in [7, 11) is 0. The van der Waals surface area contributed by atoms with Crippen LogP contribution in [-0.4, -0.2) is 11.5 Å². The topological polar surface area (TPSA) is 24.9 Å². The van der Waals surface area contributed by atoms with Crippen LogP contribution in [0, 0.1) is 0 Å². The molecule has 0 bridgehead atoms. The standard InChI is InChI=1S/C12H20N2S/c1-4-7-13-9(2)10-8-14-11(15-10)12(3)5-6-12/h8-9,13H,4-7H2,1-3H3. The number of rotatable bonds is 5. The van der Waals surface area contributed by atoms with Gasteiger partial charge in [-0.05, 0) is 32.7 Å². The highest BCUT2D eigenvalue weighted by Gasteiger charge is 2.41. The number of hydrogen-bond acceptors (Lipinski definition) is 3. The molecule has 1 unspecified atom stereocenters. The molecule has 0 aliphatic heterocycles. The summed E-state index contributed by atoms with van der Waals surface area (Å²) >= 11 is 1.89. The van der Waals surface area contributed by atoms with Gasteiger partial charge >= 0.3 is 0 Å². The fourth-order valence-corrected chi connectivity index (χ4v) is 2.77. The zero-order valence-corrected chi connectivity index (χ0v) is 10.7. The predicted molar refractivity (Wildman–Crippen MR) is 65.4 cm³/mol. The van der Waals surface area contributed by atoms with E-state index in [0.717, 1.165) is 6.54 Å². The lowest BCUT2D eigenvalue weighted by Crippen LogP contribution is -2.18. The molecule has 2 nitrogen and oxygen atoms in total. The monoisotopic (exact) mass is 224 g/mol. The molecule has 1 aliphatic rings. The number of nitrogens with one attached hydrogen (secondary N) is 1. The third kappa shape index (κ3) is 2.40. The van der Waals surface area contributed by atoms with Gasteiger partial charge in [-0.2, -0.15) is 0 Å². The Labute approximate surface area is 96.1 Å². The van der Waals surface area contributed by atoms with Gasteiger partial charge in [-0.1, -0.05) is 13.8 Å². The van der Waals surface area contributed by atoms with Gasteiger partial charge in [0.05, 0.1) is 5.01 Å². The molecule has 1 saturated carbocycles. The summed E-state index contributed by atoms with van der Waals surface area (Å²) in [6, 6.07) is 0.457. The van der Waals surface area contributed by atoms with E-state index in [1.54, 1.807) is 0 Å². The lowest BCUT2D eigenvalue weighted by molar-refractivity contribution is 0.577. The van der Waals surface area contributed by atoms with Crippen molar-refractivity contribution in [1.29, 1.82) is 0 Å². The van der Waals surface area contributed by atoms with Crippen LogP contribution in [0.25, 0.3) is 0 Å². The van der Waals surface area contributed by atoms with Crippen molar-refractivity contribution >= 4 is 11.3 Å². The molecule has 15 heavy (non-hydrogen) atoms. The van der Waals surface area contributed by atoms with E-state index >= 15 is 0 Å². The van der Waals surface area contributed by atoms with Gasteiger partial charge in [0.2, 0.25) is 0 Å². The molecule has 3 heteroatoms. The average Bonchev–Trinajstić information content (AvgIpc) is 2.82. The molecule has 1 atom stereocenters. The largest absolute Gasteiger partial charge is 0.309 e. The van der Waals surface area contributed by atoms with Crippen LogP contribution in [0.5, 0.6) is 0 Å². The summed E-state index contributed by atoms with van der Waals surface area (Å²) < 4.78 is 0. The molecular weight excluding hydrogens is 204 g/mol. The van der Waals surface area contributed by atoms with Gasteiger partial charge in [0.1, 0.15) is 0 Å².